The van der Waals surface area contributed by atoms with Crippen LogP contribution in [0.1, 0.15) is 37.3 Å². The van der Waals surface area contributed by atoms with E-state index in [-0.39, 0.29) is 11.9 Å². The molecule has 2 aromatic rings. The fourth-order valence-electron chi connectivity index (χ4n) is 3.74. The number of thioether (sulfide) groups is 1. The molecule has 1 saturated heterocycles. The summed E-state index contributed by atoms with van der Waals surface area (Å²) >= 11 is 1.44. The van der Waals surface area contributed by atoms with Crippen LogP contribution in [0.3, 0.4) is 0 Å². The van der Waals surface area contributed by atoms with Crippen LogP contribution in [0.5, 0.6) is 5.75 Å². The van der Waals surface area contributed by atoms with E-state index in [9.17, 15) is 4.79 Å². The van der Waals surface area contributed by atoms with Crippen molar-refractivity contribution in [3.05, 3.63) is 54.1 Å². The number of nitriles is 1. The summed E-state index contributed by atoms with van der Waals surface area (Å²) in [7, 11) is 1.67. The highest BCUT2D eigenvalue weighted by molar-refractivity contribution is 7.99. The largest absolute Gasteiger partial charge is 0.497 e. The van der Waals surface area contributed by atoms with Crippen LogP contribution in [0.4, 0.5) is 5.69 Å². The van der Waals surface area contributed by atoms with Crippen LogP contribution >= 0.6 is 11.8 Å². The molecule has 0 saturated carbocycles. The number of methoxy groups -OCH3 is 1. The second-order valence-corrected chi connectivity index (χ2v) is 8.12. The first-order valence-corrected chi connectivity index (χ1v) is 11.0. The van der Waals surface area contributed by atoms with Gasteiger partial charge < -0.3 is 10.1 Å². The average molecular weight is 410 g/mol. The zero-order valence-electron chi connectivity index (χ0n) is 16.8. The Balaban J connectivity index is 1.70. The van der Waals surface area contributed by atoms with Crippen molar-refractivity contribution in [2.75, 3.05) is 31.3 Å². The molecule has 3 rings (SSSR count). The van der Waals surface area contributed by atoms with Gasteiger partial charge in [0.2, 0.25) is 5.91 Å². The SMILES string of the molecule is COc1ccc([C@H]2CCCCCN2CC(=O)Nc2ccccc2SCC#N)cc1. The Labute approximate surface area is 177 Å². The third kappa shape index (κ3) is 5.99. The van der Waals surface area contributed by atoms with Crippen molar-refractivity contribution in [2.45, 2.75) is 36.6 Å². The van der Waals surface area contributed by atoms with Crippen LogP contribution in [-0.4, -0.2) is 36.8 Å². The minimum Gasteiger partial charge on any atom is -0.497 e. The third-order valence-corrected chi connectivity index (χ3v) is 6.10. The highest BCUT2D eigenvalue weighted by Crippen LogP contribution is 2.31. The second kappa shape index (κ2) is 10.9. The predicted molar refractivity (Wildman–Crippen MR) is 117 cm³/mol. The maximum atomic E-state index is 12.8. The first-order valence-electron chi connectivity index (χ1n) is 9.98. The number of carbonyl (C=O) groups excluding carboxylic acids is 1. The van der Waals surface area contributed by atoms with Gasteiger partial charge in [-0.3, -0.25) is 9.69 Å². The highest BCUT2D eigenvalue weighted by atomic mass is 32.2. The van der Waals surface area contributed by atoms with Crippen LogP contribution in [0, 0.1) is 11.3 Å². The number of para-hydroxylation sites is 1. The molecule has 1 amide bonds. The van der Waals surface area contributed by atoms with Crippen molar-refractivity contribution in [3.8, 4) is 11.8 Å². The molecular formula is C23H27N3O2S. The summed E-state index contributed by atoms with van der Waals surface area (Å²) in [5.41, 5.74) is 2.00. The number of nitrogens with zero attached hydrogens (tertiary/aromatic N) is 2. The minimum atomic E-state index is -0.0181. The Hall–Kier alpha value is -2.49. The monoisotopic (exact) mass is 409 g/mol. The molecule has 29 heavy (non-hydrogen) atoms. The fourth-order valence-corrected chi connectivity index (χ4v) is 4.41. The molecule has 1 aliphatic rings. The van der Waals surface area contributed by atoms with Crippen molar-refractivity contribution < 1.29 is 9.53 Å². The first kappa shape index (κ1) is 21.2. The minimum absolute atomic E-state index is 0.0181. The van der Waals surface area contributed by atoms with E-state index in [1.165, 1.54) is 30.2 Å². The topological polar surface area (TPSA) is 65.4 Å². The Morgan fingerprint density at radius 1 is 1.21 bits per heavy atom. The van der Waals surface area contributed by atoms with Gasteiger partial charge in [-0.05, 0) is 49.2 Å². The number of benzene rings is 2. The van der Waals surface area contributed by atoms with E-state index < -0.39 is 0 Å². The van der Waals surface area contributed by atoms with Crippen LogP contribution in [0.15, 0.2) is 53.4 Å². The van der Waals surface area contributed by atoms with Gasteiger partial charge in [-0.25, -0.2) is 0 Å². The number of amides is 1. The summed E-state index contributed by atoms with van der Waals surface area (Å²) in [4.78, 5) is 16.1. The maximum Gasteiger partial charge on any atom is 0.238 e. The predicted octanol–water partition coefficient (Wildman–Crippen LogP) is 4.87. The van der Waals surface area contributed by atoms with Gasteiger partial charge in [0.25, 0.3) is 0 Å². The zero-order chi connectivity index (χ0) is 20.5. The van der Waals surface area contributed by atoms with E-state index >= 15 is 0 Å². The molecule has 152 valence electrons. The molecular weight excluding hydrogens is 382 g/mol. The molecule has 1 aliphatic heterocycles. The van der Waals surface area contributed by atoms with Gasteiger partial charge in [0.05, 0.1) is 31.2 Å². The number of nitrogens with one attached hydrogen (secondary N) is 1. The smallest absolute Gasteiger partial charge is 0.238 e. The summed E-state index contributed by atoms with van der Waals surface area (Å²) in [6.45, 7) is 1.27. The zero-order valence-corrected chi connectivity index (χ0v) is 17.6. The fraction of sp³-hybridized carbons (Fsp3) is 0.391. The Bertz CT molecular complexity index is 848. The molecule has 5 nitrogen and oxygen atoms in total. The van der Waals surface area contributed by atoms with Crippen molar-refractivity contribution in [3.63, 3.8) is 0 Å². The van der Waals surface area contributed by atoms with E-state index in [0.717, 1.165) is 35.7 Å². The summed E-state index contributed by atoms with van der Waals surface area (Å²) in [5.74, 6) is 1.19. The third-order valence-electron chi connectivity index (χ3n) is 5.16. The van der Waals surface area contributed by atoms with Gasteiger partial charge in [0, 0.05) is 10.9 Å². The molecule has 0 spiro atoms. The molecule has 1 atom stereocenters. The van der Waals surface area contributed by atoms with E-state index in [1.54, 1.807) is 7.11 Å². The molecule has 0 aromatic heterocycles. The number of anilines is 1. The number of rotatable bonds is 7. The van der Waals surface area contributed by atoms with Gasteiger partial charge in [0.15, 0.2) is 0 Å². The lowest BCUT2D eigenvalue weighted by molar-refractivity contribution is -0.117. The molecule has 0 unspecified atom stereocenters. The lowest BCUT2D eigenvalue weighted by Gasteiger charge is -2.30. The Morgan fingerprint density at radius 2 is 2.00 bits per heavy atom. The van der Waals surface area contributed by atoms with E-state index in [4.69, 9.17) is 10.00 Å². The summed E-state index contributed by atoms with van der Waals surface area (Å²) in [6, 6.07) is 18.2. The van der Waals surface area contributed by atoms with Crippen molar-refractivity contribution in [2.24, 2.45) is 0 Å². The Kier molecular flexibility index (Phi) is 7.97. The number of ether oxygens (including phenoxy) is 1. The second-order valence-electron chi connectivity index (χ2n) is 7.10. The van der Waals surface area contributed by atoms with Gasteiger partial charge in [-0.2, -0.15) is 5.26 Å². The maximum absolute atomic E-state index is 12.8. The molecule has 2 aromatic carbocycles. The van der Waals surface area contributed by atoms with Gasteiger partial charge in [0.1, 0.15) is 5.75 Å². The van der Waals surface area contributed by atoms with Crippen molar-refractivity contribution in [1.29, 1.82) is 5.26 Å². The average Bonchev–Trinajstić information content (AvgIpc) is 2.98. The molecule has 1 N–H and O–H groups in total. The number of hydrogen-bond donors (Lipinski definition) is 1. The normalized spacial score (nSPS) is 17.2. The molecule has 0 radical (unpaired) electrons. The van der Waals surface area contributed by atoms with Crippen molar-refractivity contribution >= 4 is 23.4 Å². The van der Waals surface area contributed by atoms with Gasteiger partial charge in [-0.1, -0.05) is 37.1 Å². The van der Waals surface area contributed by atoms with Crippen LogP contribution in [0.2, 0.25) is 0 Å². The summed E-state index contributed by atoms with van der Waals surface area (Å²) in [6.07, 6.45) is 4.52. The summed E-state index contributed by atoms with van der Waals surface area (Å²) in [5, 5.41) is 11.9. The molecule has 0 bridgehead atoms. The standard InChI is InChI=1S/C23H27N3O2S/c1-28-19-12-10-18(11-13-19)21-8-3-2-6-15-26(21)17-23(27)25-20-7-4-5-9-22(20)29-16-14-24/h4-5,7,9-13,21H,2-3,6,8,15-17H2,1H3,(H,25,27)/t21-/m1/s1. The van der Waals surface area contributed by atoms with E-state index in [1.807, 2.05) is 36.4 Å². The number of likely N-dealkylation sites (tertiary alicyclic amines) is 1. The molecule has 1 heterocycles. The molecule has 0 aliphatic carbocycles. The summed E-state index contributed by atoms with van der Waals surface area (Å²) < 4.78 is 5.28. The van der Waals surface area contributed by atoms with Gasteiger partial charge in [-0.15, -0.1) is 11.8 Å². The number of hydrogen-bond acceptors (Lipinski definition) is 5. The molecule has 1 fully saturated rings. The number of carbonyl (C=O) groups is 1. The van der Waals surface area contributed by atoms with Crippen LogP contribution in [0.25, 0.3) is 0 Å². The van der Waals surface area contributed by atoms with Gasteiger partial charge >= 0.3 is 0 Å². The van der Waals surface area contributed by atoms with Crippen LogP contribution < -0.4 is 10.1 Å². The highest BCUT2D eigenvalue weighted by Gasteiger charge is 2.24. The molecule has 6 heteroatoms. The van der Waals surface area contributed by atoms with Crippen LogP contribution in [-0.2, 0) is 4.79 Å². The quantitative estimate of drug-likeness (QED) is 0.661. The van der Waals surface area contributed by atoms with E-state index in [0.29, 0.717) is 12.3 Å². The lowest BCUT2D eigenvalue weighted by Crippen LogP contribution is -2.36. The lowest BCUT2D eigenvalue weighted by atomic mass is 10.0. The Morgan fingerprint density at radius 3 is 2.76 bits per heavy atom. The van der Waals surface area contributed by atoms with E-state index in [2.05, 4.69) is 28.4 Å². The first-order chi connectivity index (χ1) is 14.2. The van der Waals surface area contributed by atoms with Crippen molar-refractivity contribution in [1.82, 2.24) is 4.90 Å².